The van der Waals surface area contributed by atoms with Gasteiger partial charge in [0.05, 0.1) is 5.41 Å². The number of aliphatic hydroxyl groups excluding tert-OH is 1. The van der Waals surface area contributed by atoms with Gasteiger partial charge in [0.1, 0.15) is 11.5 Å². The number of ketones is 1. The fourth-order valence-corrected chi connectivity index (χ4v) is 6.35. The minimum atomic E-state index is -0.589. The molecule has 2 heteroatoms. The van der Waals surface area contributed by atoms with E-state index in [4.69, 9.17) is 0 Å². The van der Waals surface area contributed by atoms with Crippen LogP contribution in [0.25, 0.3) is 5.76 Å². The van der Waals surface area contributed by atoms with Crippen molar-refractivity contribution in [2.24, 2.45) is 33.5 Å². The topological polar surface area (TPSA) is 37.3 Å². The predicted octanol–water partition coefficient (Wildman–Crippen LogP) is 6.67. The van der Waals surface area contributed by atoms with E-state index in [0.29, 0.717) is 17.5 Å². The van der Waals surface area contributed by atoms with Gasteiger partial charge in [-0.1, -0.05) is 85.7 Å². The molecule has 1 N–H and O–H groups in total. The number of benzene rings is 1. The van der Waals surface area contributed by atoms with Crippen LogP contribution in [0.1, 0.15) is 73.8 Å². The zero-order chi connectivity index (χ0) is 20.4. The second-order valence-corrected chi connectivity index (χ2v) is 11.3. The first-order chi connectivity index (χ1) is 12.3. The van der Waals surface area contributed by atoms with Crippen LogP contribution in [0, 0.1) is 33.5 Å². The van der Waals surface area contributed by atoms with Crippen molar-refractivity contribution in [3.05, 3.63) is 41.5 Å². The van der Waals surface area contributed by atoms with Gasteiger partial charge in [-0.05, 0) is 40.6 Å². The van der Waals surface area contributed by atoms with E-state index in [9.17, 15) is 9.90 Å². The predicted molar refractivity (Wildman–Crippen MR) is 112 cm³/mol. The number of fused-ring (bicyclic) bond motifs is 2. The number of Topliss-reactive ketones (excluding diaryl/α,β-unsaturated/α-hetero) is 1. The summed E-state index contributed by atoms with van der Waals surface area (Å²) in [5.74, 6) is 1.07. The fraction of sp³-hybridized carbons (Fsp3) is 0.640. The second kappa shape index (κ2) is 5.96. The minimum Gasteiger partial charge on any atom is -0.507 e. The molecule has 2 aliphatic carbocycles. The number of aliphatic hydroxyl groups is 1. The molecule has 0 amide bonds. The summed E-state index contributed by atoms with van der Waals surface area (Å²) in [4.78, 5) is 14.0. The maximum Gasteiger partial charge on any atom is 0.147 e. The second-order valence-electron chi connectivity index (χ2n) is 11.3. The molecular formula is C25H36O2. The van der Waals surface area contributed by atoms with Crippen LogP contribution in [0.3, 0.4) is 0 Å². The summed E-state index contributed by atoms with van der Waals surface area (Å²) in [5.41, 5.74) is 0.635. The summed E-state index contributed by atoms with van der Waals surface area (Å²) in [6, 6.07) is 9.73. The standard InChI is InChI=1S/C25H36O2/c1-22(2,3)18-17-14-15-25(21(18)27,24(17,7)8)20(23(4,5)6)19(26)16-12-10-9-11-13-16/h9-13,17-18,26H,14-15H2,1-8H3. The molecule has 2 aliphatic rings. The van der Waals surface area contributed by atoms with Crippen LogP contribution in [0.2, 0.25) is 0 Å². The highest BCUT2D eigenvalue weighted by Gasteiger charge is 2.72. The normalized spacial score (nSPS) is 31.2. The highest BCUT2D eigenvalue weighted by molar-refractivity contribution is 5.97. The van der Waals surface area contributed by atoms with Gasteiger partial charge in [0.25, 0.3) is 0 Å². The van der Waals surface area contributed by atoms with Crippen LogP contribution in [-0.4, -0.2) is 10.9 Å². The molecule has 0 aromatic heterocycles. The molecule has 1 aromatic rings. The first-order valence-corrected chi connectivity index (χ1v) is 10.3. The van der Waals surface area contributed by atoms with Crippen LogP contribution in [0.5, 0.6) is 0 Å². The first-order valence-electron chi connectivity index (χ1n) is 10.3. The zero-order valence-electron chi connectivity index (χ0n) is 18.3. The van der Waals surface area contributed by atoms with E-state index in [1.165, 1.54) is 0 Å². The van der Waals surface area contributed by atoms with E-state index in [0.717, 1.165) is 24.0 Å². The van der Waals surface area contributed by atoms with Crippen LogP contribution in [-0.2, 0) is 4.79 Å². The number of carbonyl (C=O) groups excluding carboxylic acids is 1. The quantitative estimate of drug-likeness (QED) is 0.592. The van der Waals surface area contributed by atoms with Crippen molar-refractivity contribution in [2.45, 2.75) is 68.2 Å². The molecule has 2 fully saturated rings. The molecule has 2 nitrogen and oxygen atoms in total. The zero-order valence-corrected chi connectivity index (χ0v) is 18.3. The third-order valence-corrected chi connectivity index (χ3v) is 7.36. The minimum absolute atomic E-state index is 0.0437. The summed E-state index contributed by atoms with van der Waals surface area (Å²) in [6.07, 6.45) is 1.90. The molecule has 0 aliphatic heterocycles. The molecule has 0 saturated heterocycles. The number of rotatable bonds is 2. The van der Waals surface area contributed by atoms with Gasteiger partial charge in [0.2, 0.25) is 0 Å². The van der Waals surface area contributed by atoms with Gasteiger partial charge in [0.15, 0.2) is 0 Å². The van der Waals surface area contributed by atoms with E-state index in [-0.39, 0.29) is 22.2 Å². The van der Waals surface area contributed by atoms with Crippen molar-refractivity contribution < 1.29 is 9.90 Å². The average Bonchev–Trinajstić information content (AvgIpc) is 2.87. The molecule has 27 heavy (non-hydrogen) atoms. The van der Waals surface area contributed by atoms with Crippen molar-refractivity contribution in [3.63, 3.8) is 0 Å². The van der Waals surface area contributed by atoms with Crippen LogP contribution < -0.4 is 0 Å². The highest BCUT2D eigenvalue weighted by Crippen LogP contribution is 2.73. The van der Waals surface area contributed by atoms with Gasteiger partial charge >= 0.3 is 0 Å². The van der Waals surface area contributed by atoms with Crippen LogP contribution in [0.4, 0.5) is 0 Å². The third-order valence-electron chi connectivity index (χ3n) is 7.36. The highest BCUT2D eigenvalue weighted by atomic mass is 16.3. The van der Waals surface area contributed by atoms with Crippen molar-refractivity contribution in [2.75, 3.05) is 0 Å². The van der Waals surface area contributed by atoms with Gasteiger partial charge < -0.3 is 5.11 Å². The average molecular weight is 369 g/mol. The Labute approximate surface area is 165 Å². The monoisotopic (exact) mass is 368 g/mol. The number of allylic oxidation sites excluding steroid dienone is 1. The van der Waals surface area contributed by atoms with E-state index in [2.05, 4.69) is 55.4 Å². The summed E-state index contributed by atoms with van der Waals surface area (Å²) < 4.78 is 0. The Hall–Kier alpha value is -1.57. The van der Waals surface area contributed by atoms with E-state index >= 15 is 0 Å². The molecule has 2 bridgehead atoms. The Kier molecular flexibility index (Phi) is 4.45. The van der Waals surface area contributed by atoms with Gasteiger partial charge in [0, 0.05) is 11.5 Å². The SMILES string of the molecule is CC(C)(C)C(=C(O)c1ccccc1)C12CCC(C(C(C)(C)C)C1=O)C2(C)C. The van der Waals surface area contributed by atoms with Gasteiger partial charge in [-0.2, -0.15) is 0 Å². The lowest BCUT2D eigenvalue weighted by Gasteiger charge is -2.45. The maximum absolute atomic E-state index is 14.0. The molecule has 1 aromatic carbocycles. The van der Waals surface area contributed by atoms with E-state index < -0.39 is 5.41 Å². The molecule has 0 heterocycles. The van der Waals surface area contributed by atoms with E-state index in [1.807, 2.05) is 30.3 Å². The molecular weight excluding hydrogens is 332 g/mol. The maximum atomic E-state index is 14.0. The lowest BCUT2D eigenvalue weighted by Crippen LogP contribution is -2.44. The molecule has 2 saturated carbocycles. The summed E-state index contributed by atoms with van der Waals surface area (Å²) in [5, 5.41) is 11.5. The molecule has 3 atom stereocenters. The Bertz CT molecular complexity index is 771. The smallest absolute Gasteiger partial charge is 0.147 e. The summed E-state index contributed by atoms with van der Waals surface area (Å²) in [6.45, 7) is 17.5. The molecule has 0 radical (unpaired) electrons. The van der Waals surface area contributed by atoms with Crippen LogP contribution >= 0.6 is 0 Å². The van der Waals surface area contributed by atoms with Crippen molar-refractivity contribution in [1.82, 2.24) is 0 Å². The van der Waals surface area contributed by atoms with Crippen molar-refractivity contribution >= 4 is 11.5 Å². The first kappa shape index (κ1) is 20.2. The lowest BCUT2D eigenvalue weighted by atomic mass is 9.57. The van der Waals surface area contributed by atoms with Crippen LogP contribution in [0.15, 0.2) is 35.9 Å². The number of hydrogen-bond donors (Lipinski definition) is 1. The summed E-state index contributed by atoms with van der Waals surface area (Å²) >= 11 is 0. The molecule has 3 unspecified atom stereocenters. The Balaban J connectivity index is 2.31. The van der Waals surface area contributed by atoms with Crippen molar-refractivity contribution in [1.29, 1.82) is 0 Å². The molecule has 0 spiro atoms. The Morgan fingerprint density at radius 2 is 1.59 bits per heavy atom. The lowest BCUT2D eigenvalue weighted by molar-refractivity contribution is -0.134. The largest absolute Gasteiger partial charge is 0.507 e. The number of carbonyl (C=O) groups is 1. The summed E-state index contributed by atoms with van der Waals surface area (Å²) in [7, 11) is 0. The van der Waals surface area contributed by atoms with E-state index in [1.54, 1.807) is 0 Å². The molecule has 148 valence electrons. The van der Waals surface area contributed by atoms with Gasteiger partial charge in [-0.3, -0.25) is 4.79 Å². The fourth-order valence-electron chi connectivity index (χ4n) is 6.35. The third kappa shape index (κ3) is 2.70. The van der Waals surface area contributed by atoms with Crippen molar-refractivity contribution in [3.8, 4) is 0 Å². The number of hydrogen-bond acceptors (Lipinski definition) is 2. The Morgan fingerprint density at radius 3 is 2.04 bits per heavy atom. The Morgan fingerprint density at radius 1 is 1.04 bits per heavy atom. The molecule has 3 rings (SSSR count). The van der Waals surface area contributed by atoms with Gasteiger partial charge in [-0.15, -0.1) is 0 Å². The van der Waals surface area contributed by atoms with Gasteiger partial charge in [-0.25, -0.2) is 0 Å².